The van der Waals surface area contributed by atoms with Gasteiger partial charge in [-0.1, -0.05) is 38.5 Å². The zero-order chi connectivity index (χ0) is 14.4. The first kappa shape index (κ1) is 18.4. The minimum atomic E-state index is 0.795. The SMILES string of the molecule is CSC(C)[C@H]1C(C)[C@@H](SCCCSS)CC(C)[C@H]1C. The maximum absolute atomic E-state index is 4.22. The lowest BCUT2D eigenvalue weighted by molar-refractivity contribution is 0.129. The molecule has 0 bridgehead atoms. The van der Waals surface area contributed by atoms with Crippen LogP contribution in [-0.2, 0) is 0 Å². The maximum atomic E-state index is 4.22. The van der Waals surface area contributed by atoms with Crippen LogP contribution in [-0.4, -0.2) is 28.3 Å². The molecule has 0 amide bonds. The molecule has 0 spiro atoms. The summed E-state index contributed by atoms with van der Waals surface area (Å²) in [6.07, 6.45) is 4.99. The van der Waals surface area contributed by atoms with E-state index in [9.17, 15) is 0 Å². The van der Waals surface area contributed by atoms with Gasteiger partial charge in [-0.2, -0.15) is 23.5 Å². The molecule has 0 aromatic heterocycles. The number of rotatable bonds is 7. The predicted octanol–water partition coefficient (Wildman–Crippen LogP) is 5.74. The van der Waals surface area contributed by atoms with E-state index in [1.165, 1.54) is 24.3 Å². The van der Waals surface area contributed by atoms with E-state index in [1.807, 2.05) is 0 Å². The fraction of sp³-hybridized carbons (Fsp3) is 1.00. The molecule has 0 nitrogen and oxygen atoms in total. The highest BCUT2D eigenvalue weighted by Gasteiger charge is 2.40. The first-order valence-corrected chi connectivity index (χ1v) is 11.8. The molecule has 0 aromatic rings. The van der Waals surface area contributed by atoms with E-state index in [0.29, 0.717) is 0 Å². The lowest BCUT2D eigenvalue weighted by atomic mass is 9.67. The Labute approximate surface area is 138 Å². The van der Waals surface area contributed by atoms with Gasteiger partial charge in [-0.3, -0.25) is 0 Å². The van der Waals surface area contributed by atoms with Crippen molar-refractivity contribution < 1.29 is 0 Å². The molecule has 3 unspecified atom stereocenters. The van der Waals surface area contributed by atoms with Gasteiger partial charge in [0.15, 0.2) is 0 Å². The van der Waals surface area contributed by atoms with Crippen LogP contribution >= 0.6 is 46.0 Å². The summed E-state index contributed by atoms with van der Waals surface area (Å²) >= 11 is 8.50. The number of thioether (sulfide) groups is 2. The molecule has 1 aliphatic rings. The molecule has 0 aliphatic heterocycles. The smallest absolute Gasteiger partial charge is 0.00784 e. The molecule has 1 fully saturated rings. The number of hydrogen-bond donors (Lipinski definition) is 1. The fourth-order valence-electron chi connectivity index (χ4n) is 3.49. The summed E-state index contributed by atoms with van der Waals surface area (Å²) in [5, 5.41) is 1.67. The standard InChI is InChI=1S/C15H30S4/c1-10-9-14(18-7-6-8-19-16)12(3)15(11(10)2)13(4)17-5/h10-16H,6-9H2,1-5H3/t10?,11-,12?,13?,14+,15-/m1/s1. The molecule has 0 heterocycles. The molecule has 0 N–H and O–H groups in total. The van der Waals surface area contributed by atoms with E-state index in [4.69, 9.17) is 0 Å². The van der Waals surface area contributed by atoms with Gasteiger partial charge in [-0.05, 0) is 48.5 Å². The van der Waals surface area contributed by atoms with Crippen molar-refractivity contribution in [1.82, 2.24) is 0 Å². The van der Waals surface area contributed by atoms with Crippen molar-refractivity contribution >= 4 is 46.0 Å². The van der Waals surface area contributed by atoms with Crippen molar-refractivity contribution in [2.24, 2.45) is 23.7 Å². The summed E-state index contributed by atoms with van der Waals surface area (Å²) in [6.45, 7) is 9.88. The van der Waals surface area contributed by atoms with Gasteiger partial charge in [0.1, 0.15) is 0 Å². The van der Waals surface area contributed by atoms with Crippen LogP contribution in [0, 0.1) is 23.7 Å². The highest BCUT2D eigenvalue weighted by Crippen LogP contribution is 2.47. The molecule has 1 rings (SSSR count). The molecular formula is C15H30S4. The van der Waals surface area contributed by atoms with Gasteiger partial charge in [0, 0.05) is 16.3 Å². The van der Waals surface area contributed by atoms with Gasteiger partial charge in [-0.25, -0.2) is 0 Å². The molecule has 0 radical (unpaired) electrons. The van der Waals surface area contributed by atoms with Crippen molar-refractivity contribution in [3.05, 3.63) is 0 Å². The van der Waals surface area contributed by atoms with E-state index in [2.05, 4.69) is 69.1 Å². The summed E-state index contributed by atoms with van der Waals surface area (Å²) in [6, 6.07) is 0. The second-order valence-corrected chi connectivity index (χ2v) is 10.0. The average molecular weight is 339 g/mol. The summed E-state index contributed by atoms with van der Waals surface area (Å²) in [7, 11) is 1.68. The minimum absolute atomic E-state index is 0.795. The predicted molar refractivity (Wildman–Crippen MR) is 101 cm³/mol. The van der Waals surface area contributed by atoms with Crippen LogP contribution in [0.5, 0.6) is 0 Å². The molecule has 1 saturated carbocycles. The summed E-state index contributed by atoms with van der Waals surface area (Å²) in [5.41, 5.74) is 0. The zero-order valence-corrected chi connectivity index (χ0v) is 16.3. The van der Waals surface area contributed by atoms with Crippen molar-refractivity contribution in [1.29, 1.82) is 0 Å². The van der Waals surface area contributed by atoms with Gasteiger partial charge in [0.05, 0.1) is 0 Å². The maximum Gasteiger partial charge on any atom is 0.00784 e. The second kappa shape index (κ2) is 9.42. The van der Waals surface area contributed by atoms with Gasteiger partial charge >= 0.3 is 0 Å². The van der Waals surface area contributed by atoms with Gasteiger partial charge in [0.2, 0.25) is 0 Å². The van der Waals surface area contributed by atoms with Gasteiger partial charge in [-0.15, -0.1) is 11.7 Å². The average Bonchev–Trinajstić information content (AvgIpc) is 2.40. The third-order valence-corrected chi connectivity index (χ3v) is 8.58. The fourth-order valence-corrected chi connectivity index (χ4v) is 6.68. The summed E-state index contributed by atoms with van der Waals surface area (Å²) < 4.78 is 0. The molecule has 6 atom stereocenters. The van der Waals surface area contributed by atoms with Gasteiger partial charge in [0.25, 0.3) is 0 Å². The topological polar surface area (TPSA) is 0 Å². The van der Waals surface area contributed by atoms with E-state index in [1.54, 1.807) is 10.8 Å². The Morgan fingerprint density at radius 2 is 1.84 bits per heavy atom. The molecule has 1 aliphatic carbocycles. The van der Waals surface area contributed by atoms with E-state index >= 15 is 0 Å². The number of thiol groups is 1. The Bertz CT molecular complexity index is 246. The summed E-state index contributed by atoms with van der Waals surface area (Å²) in [4.78, 5) is 0. The second-order valence-electron chi connectivity index (χ2n) is 6.05. The van der Waals surface area contributed by atoms with E-state index < -0.39 is 0 Å². The minimum Gasteiger partial charge on any atom is -0.162 e. The van der Waals surface area contributed by atoms with E-state index in [0.717, 1.165) is 34.2 Å². The molecule has 0 aromatic carbocycles. The lowest BCUT2D eigenvalue weighted by Gasteiger charge is -2.46. The Balaban J connectivity index is 2.57. The van der Waals surface area contributed by atoms with Crippen molar-refractivity contribution in [2.75, 3.05) is 17.8 Å². The van der Waals surface area contributed by atoms with Crippen molar-refractivity contribution in [2.45, 2.75) is 51.0 Å². The largest absolute Gasteiger partial charge is 0.162 e. The normalized spacial score (nSPS) is 37.3. The lowest BCUT2D eigenvalue weighted by Crippen LogP contribution is -2.42. The van der Waals surface area contributed by atoms with Crippen molar-refractivity contribution in [3.63, 3.8) is 0 Å². The van der Waals surface area contributed by atoms with Crippen LogP contribution in [0.4, 0.5) is 0 Å². The molecular weight excluding hydrogens is 308 g/mol. The Morgan fingerprint density at radius 3 is 2.42 bits per heavy atom. The highest BCUT2D eigenvalue weighted by atomic mass is 33.1. The Hall–Kier alpha value is 1.40. The Morgan fingerprint density at radius 1 is 1.16 bits per heavy atom. The van der Waals surface area contributed by atoms with Crippen LogP contribution in [0.2, 0.25) is 0 Å². The van der Waals surface area contributed by atoms with Crippen LogP contribution in [0.1, 0.15) is 40.5 Å². The Kier molecular flexibility index (Phi) is 9.15. The third kappa shape index (κ3) is 5.27. The van der Waals surface area contributed by atoms with Crippen LogP contribution < -0.4 is 0 Å². The molecule has 0 saturated heterocycles. The first-order valence-electron chi connectivity index (χ1n) is 7.43. The first-order chi connectivity index (χ1) is 9.02. The quantitative estimate of drug-likeness (QED) is 0.357. The van der Waals surface area contributed by atoms with Crippen LogP contribution in [0.15, 0.2) is 0 Å². The number of hydrogen-bond acceptors (Lipinski definition) is 4. The third-order valence-electron chi connectivity index (χ3n) is 4.93. The van der Waals surface area contributed by atoms with E-state index in [-0.39, 0.29) is 0 Å². The van der Waals surface area contributed by atoms with Crippen molar-refractivity contribution in [3.8, 4) is 0 Å². The van der Waals surface area contributed by atoms with Gasteiger partial charge < -0.3 is 0 Å². The highest BCUT2D eigenvalue weighted by molar-refractivity contribution is 8.68. The van der Waals surface area contributed by atoms with Crippen LogP contribution in [0.25, 0.3) is 0 Å². The molecule has 19 heavy (non-hydrogen) atoms. The van der Waals surface area contributed by atoms with Crippen LogP contribution in [0.3, 0.4) is 0 Å². The zero-order valence-electron chi connectivity index (χ0n) is 13.0. The summed E-state index contributed by atoms with van der Waals surface area (Å²) in [5.74, 6) is 6.00. The molecule has 114 valence electrons. The molecule has 4 heteroatoms. The monoisotopic (exact) mass is 338 g/mol.